The number of nitrogens with zero attached hydrogens (tertiary/aromatic N) is 4. The fraction of sp³-hybridized carbons (Fsp3) is 0.333. The van der Waals surface area contributed by atoms with Gasteiger partial charge in [-0.1, -0.05) is 6.07 Å². The van der Waals surface area contributed by atoms with E-state index in [4.69, 9.17) is 5.11 Å². The van der Waals surface area contributed by atoms with E-state index in [1.807, 2.05) is 0 Å². The molecular formula is C12H14N4O4S. The third-order valence-corrected chi connectivity index (χ3v) is 4.70. The lowest BCUT2D eigenvalue weighted by atomic mass is 10.1. The van der Waals surface area contributed by atoms with Crippen LogP contribution in [0.3, 0.4) is 0 Å². The van der Waals surface area contributed by atoms with E-state index in [1.54, 1.807) is 19.9 Å². The molecule has 1 heterocycles. The molecule has 0 radical (unpaired) electrons. The second-order valence-corrected chi connectivity index (χ2v) is 6.65. The van der Waals surface area contributed by atoms with Crippen LogP contribution < -0.4 is 0 Å². The van der Waals surface area contributed by atoms with E-state index in [9.17, 15) is 13.2 Å². The number of tetrazole rings is 1. The van der Waals surface area contributed by atoms with E-state index >= 15 is 0 Å². The Morgan fingerprint density at radius 2 is 1.95 bits per heavy atom. The molecule has 0 atom stereocenters. The predicted octanol–water partition coefficient (Wildman–Crippen LogP) is 0.499. The van der Waals surface area contributed by atoms with Crippen LogP contribution in [0.4, 0.5) is 0 Å². The summed E-state index contributed by atoms with van der Waals surface area (Å²) in [5, 5.41) is 20.1. The smallest absolute Gasteiger partial charge is 0.335 e. The molecule has 0 saturated heterocycles. The van der Waals surface area contributed by atoms with E-state index in [0.29, 0.717) is 11.1 Å². The van der Waals surface area contributed by atoms with Gasteiger partial charge in [0.25, 0.3) is 0 Å². The maximum Gasteiger partial charge on any atom is 0.335 e. The number of carbonyl (C=O) groups is 1. The lowest BCUT2D eigenvalue weighted by Gasteiger charge is -2.09. The van der Waals surface area contributed by atoms with Crippen LogP contribution in [-0.4, -0.2) is 39.7 Å². The van der Waals surface area contributed by atoms with Gasteiger partial charge >= 0.3 is 5.97 Å². The number of hydrogen-bond donors (Lipinski definition) is 1. The molecule has 9 heteroatoms. The Balaban J connectivity index is 2.49. The van der Waals surface area contributed by atoms with Gasteiger partial charge in [0.05, 0.1) is 17.5 Å². The summed E-state index contributed by atoms with van der Waals surface area (Å²) in [6.45, 7) is 3.24. The molecule has 0 aliphatic rings. The monoisotopic (exact) mass is 310 g/mol. The summed E-state index contributed by atoms with van der Waals surface area (Å²) in [6, 6.07) is 2.72. The van der Waals surface area contributed by atoms with Crippen molar-refractivity contribution >= 4 is 15.8 Å². The van der Waals surface area contributed by atoms with Gasteiger partial charge < -0.3 is 5.11 Å². The first-order valence-electron chi connectivity index (χ1n) is 6.01. The van der Waals surface area contributed by atoms with Crippen molar-refractivity contribution in [1.82, 2.24) is 20.2 Å². The van der Waals surface area contributed by atoms with Gasteiger partial charge in [0.15, 0.2) is 15.7 Å². The van der Waals surface area contributed by atoms with E-state index in [2.05, 4.69) is 15.4 Å². The number of benzene rings is 1. The van der Waals surface area contributed by atoms with Gasteiger partial charge in [-0.3, -0.25) is 0 Å². The molecule has 0 amide bonds. The van der Waals surface area contributed by atoms with Gasteiger partial charge in [0, 0.05) is 0 Å². The Labute approximate surface area is 121 Å². The van der Waals surface area contributed by atoms with Crippen LogP contribution in [0.15, 0.2) is 17.0 Å². The largest absolute Gasteiger partial charge is 0.478 e. The van der Waals surface area contributed by atoms with E-state index in [0.717, 1.165) is 4.80 Å². The summed E-state index contributed by atoms with van der Waals surface area (Å²) in [5.74, 6) is -1.53. The lowest BCUT2D eigenvalue weighted by Crippen LogP contribution is -2.11. The minimum atomic E-state index is -3.75. The summed E-state index contributed by atoms with van der Waals surface area (Å²) in [4.78, 5) is 12.3. The van der Waals surface area contributed by atoms with Crippen molar-refractivity contribution in [3.63, 3.8) is 0 Å². The van der Waals surface area contributed by atoms with E-state index < -0.39 is 21.6 Å². The molecule has 1 aromatic carbocycles. The Bertz CT molecular complexity index is 811. The summed E-state index contributed by atoms with van der Waals surface area (Å²) in [7, 11) is -2.21. The molecule has 0 bridgehead atoms. The third kappa shape index (κ3) is 3.07. The highest BCUT2D eigenvalue weighted by Gasteiger charge is 2.23. The molecular weight excluding hydrogens is 296 g/mol. The van der Waals surface area contributed by atoms with Crippen molar-refractivity contribution < 1.29 is 18.3 Å². The zero-order valence-electron chi connectivity index (χ0n) is 11.7. The minimum absolute atomic E-state index is 0.0297. The SMILES string of the molecule is Cc1cc(C)c(S(=O)(=O)Cc2nnn(C)n2)cc1C(=O)O. The van der Waals surface area contributed by atoms with Gasteiger partial charge in [0.2, 0.25) is 0 Å². The van der Waals surface area contributed by atoms with Crippen molar-refractivity contribution in [2.24, 2.45) is 7.05 Å². The zero-order valence-corrected chi connectivity index (χ0v) is 12.5. The fourth-order valence-electron chi connectivity index (χ4n) is 2.03. The van der Waals surface area contributed by atoms with Crippen LogP contribution in [0.5, 0.6) is 0 Å². The van der Waals surface area contributed by atoms with Crippen LogP contribution in [0.25, 0.3) is 0 Å². The lowest BCUT2D eigenvalue weighted by molar-refractivity contribution is 0.0696. The summed E-state index contributed by atoms with van der Waals surface area (Å²) in [6.07, 6.45) is 0. The highest BCUT2D eigenvalue weighted by atomic mass is 32.2. The quantitative estimate of drug-likeness (QED) is 0.874. The predicted molar refractivity (Wildman–Crippen MR) is 72.6 cm³/mol. The molecule has 1 N–H and O–H groups in total. The number of carboxylic acid groups (broad SMARTS) is 1. The molecule has 0 saturated carbocycles. The van der Waals surface area contributed by atoms with E-state index in [-0.39, 0.29) is 16.3 Å². The summed E-state index contributed by atoms with van der Waals surface area (Å²) in [5.41, 5.74) is 0.962. The van der Waals surface area contributed by atoms with Crippen molar-refractivity contribution in [2.45, 2.75) is 24.5 Å². The van der Waals surface area contributed by atoms with Gasteiger partial charge in [-0.15, -0.1) is 10.2 Å². The standard InChI is InChI=1S/C12H14N4O4S/c1-7-4-8(2)10(5-9(7)12(17)18)21(19,20)6-11-13-15-16(3)14-11/h4-5H,6H2,1-3H3,(H,17,18). The maximum absolute atomic E-state index is 12.4. The van der Waals surface area contributed by atoms with Crippen LogP contribution >= 0.6 is 0 Å². The fourth-order valence-corrected chi connectivity index (χ4v) is 3.48. The van der Waals surface area contributed by atoms with Gasteiger partial charge in [-0.25, -0.2) is 13.2 Å². The topological polar surface area (TPSA) is 115 Å². The summed E-state index contributed by atoms with van der Waals surface area (Å²) >= 11 is 0. The van der Waals surface area contributed by atoms with Crippen LogP contribution in [0, 0.1) is 13.8 Å². The molecule has 1 aromatic heterocycles. The molecule has 0 aliphatic carbocycles. The molecule has 0 spiro atoms. The maximum atomic E-state index is 12.4. The first-order chi connectivity index (χ1) is 9.70. The van der Waals surface area contributed by atoms with Crippen LogP contribution in [0.2, 0.25) is 0 Å². The number of aromatic nitrogens is 4. The first-order valence-corrected chi connectivity index (χ1v) is 7.66. The molecule has 112 valence electrons. The molecule has 0 unspecified atom stereocenters. The van der Waals surface area contributed by atoms with Gasteiger partial charge in [-0.2, -0.15) is 4.80 Å². The molecule has 0 fully saturated rings. The van der Waals surface area contributed by atoms with Crippen LogP contribution in [-0.2, 0) is 22.6 Å². The Kier molecular flexibility index (Phi) is 3.77. The number of aryl methyl sites for hydroxylation is 3. The third-order valence-electron chi connectivity index (χ3n) is 2.96. The number of aromatic carboxylic acids is 1. The second kappa shape index (κ2) is 5.24. The second-order valence-electron chi connectivity index (χ2n) is 4.69. The molecule has 8 nitrogen and oxygen atoms in total. The number of rotatable bonds is 4. The molecule has 0 aliphatic heterocycles. The van der Waals surface area contributed by atoms with Gasteiger partial charge in [0.1, 0.15) is 5.75 Å². The highest BCUT2D eigenvalue weighted by molar-refractivity contribution is 7.90. The number of hydrogen-bond acceptors (Lipinski definition) is 6. The van der Waals surface area contributed by atoms with Crippen LogP contribution in [0.1, 0.15) is 27.3 Å². The molecule has 2 aromatic rings. The Morgan fingerprint density at radius 1 is 1.29 bits per heavy atom. The van der Waals surface area contributed by atoms with Crippen molar-refractivity contribution in [1.29, 1.82) is 0 Å². The highest BCUT2D eigenvalue weighted by Crippen LogP contribution is 2.23. The Morgan fingerprint density at radius 3 is 2.48 bits per heavy atom. The zero-order chi connectivity index (χ0) is 15.8. The van der Waals surface area contributed by atoms with Crippen molar-refractivity contribution in [2.75, 3.05) is 0 Å². The average Bonchev–Trinajstić information content (AvgIpc) is 2.72. The van der Waals surface area contributed by atoms with Crippen molar-refractivity contribution in [3.05, 3.63) is 34.6 Å². The summed E-state index contributed by atoms with van der Waals surface area (Å²) < 4.78 is 24.8. The number of carboxylic acids is 1. The molecule has 21 heavy (non-hydrogen) atoms. The first kappa shape index (κ1) is 15.1. The minimum Gasteiger partial charge on any atom is -0.478 e. The number of sulfone groups is 1. The molecule has 2 rings (SSSR count). The average molecular weight is 310 g/mol. The Hall–Kier alpha value is -2.29. The van der Waals surface area contributed by atoms with Crippen molar-refractivity contribution in [3.8, 4) is 0 Å². The van der Waals surface area contributed by atoms with E-state index in [1.165, 1.54) is 13.1 Å². The normalized spacial score (nSPS) is 11.6. The van der Waals surface area contributed by atoms with Gasteiger partial charge in [-0.05, 0) is 36.3 Å².